The Hall–Kier alpha value is -2.34. The molecule has 0 aromatic carbocycles. The van der Waals surface area contributed by atoms with Crippen molar-refractivity contribution in [1.82, 2.24) is 15.6 Å². The number of nitrogens with one attached hydrogen (secondary N) is 2. The van der Waals surface area contributed by atoms with Crippen LogP contribution in [0.25, 0.3) is 0 Å². The lowest BCUT2D eigenvalue weighted by Gasteiger charge is -2.42. The van der Waals surface area contributed by atoms with Crippen molar-refractivity contribution in [3.63, 3.8) is 0 Å². The van der Waals surface area contributed by atoms with E-state index >= 15 is 0 Å². The number of hydrogen-bond donors (Lipinski definition) is 3. The summed E-state index contributed by atoms with van der Waals surface area (Å²) in [5.74, 6) is -4.46. The van der Waals surface area contributed by atoms with Crippen LogP contribution < -0.4 is 16.4 Å². The summed E-state index contributed by atoms with van der Waals surface area (Å²) in [7, 11) is 0. The van der Waals surface area contributed by atoms with Crippen LogP contribution in [0.2, 0.25) is 0 Å². The fourth-order valence-corrected chi connectivity index (χ4v) is 4.15. The van der Waals surface area contributed by atoms with E-state index in [0.29, 0.717) is 26.1 Å². The van der Waals surface area contributed by atoms with Crippen molar-refractivity contribution in [3.8, 4) is 0 Å². The SMILES string of the molecule is NC1(C2CCC(F)(F)CC2)N=C(c2cccc(C(F)(F)F)n2)NC(=NC2CCOCC2)N1. The molecule has 0 amide bonds. The first kappa shape index (κ1) is 22.8. The first-order chi connectivity index (χ1) is 15.0. The van der Waals surface area contributed by atoms with E-state index in [-0.39, 0.29) is 49.2 Å². The third kappa shape index (κ3) is 5.17. The summed E-state index contributed by atoms with van der Waals surface area (Å²) in [5.41, 5.74) is 5.40. The highest BCUT2D eigenvalue weighted by atomic mass is 19.4. The van der Waals surface area contributed by atoms with E-state index in [1.807, 2.05) is 0 Å². The molecular weight excluding hydrogens is 435 g/mol. The van der Waals surface area contributed by atoms with Crippen LogP contribution in [0.15, 0.2) is 28.2 Å². The molecular formula is C20H25F5N6O. The van der Waals surface area contributed by atoms with Gasteiger partial charge in [-0.25, -0.2) is 23.7 Å². The number of halogens is 5. The van der Waals surface area contributed by atoms with Gasteiger partial charge in [0.25, 0.3) is 0 Å². The number of ether oxygens (including phenoxy) is 1. The highest BCUT2D eigenvalue weighted by Gasteiger charge is 2.46. The lowest BCUT2D eigenvalue weighted by Crippen LogP contribution is -2.67. The first-order valence-corrected chi connectivity index (χ1v) is 10.6. The maximum Gasteiger partial charge on any atom is 0.433 e. The summed E-state index contributed by atoms with van der Waals surface area (Å²) < 4.78 is 72.2. The lowest BCUT2D eigenvalue weighted by atomic mass is 9.82. The number of guanidine groups is 1. The molecule has 3 aliphatic rings. The molecule has 176 valence electrons. The molecule has 2 aliphatic heterocycles. The Labute approximate surface area is 181 Å². The van der Waals surface area contributed by atoms with Crippen LogP contribution in [0.1, 0.15) is 49.9 Å². The second-order valence-electron chi connectivity index (χ2n) is 8.39. The van der Waals surface area contributed by atoms with Gasteiger partial charge in [0.05, 0.1) is 6.04 Å². The van der Waals surface area contributed by atoms with Gasteiger partial charge in [-0.1, -0.05) is 6.07 Å². The average Bonchev–Trinajstić information content (AvgIpc) is 2.73. The molecule has 1 aromatic rings. The number of aromatic nitrogens is 1. The minimum Gasteiger partial charge on any atom is -0.381 e. The molecule has 1 saturated heterocycles. The number of hydrogen-bond acceptors (Lipinski definition) is 5. The molecule has 1 saturated carbocycles. The van der Waals surface area contributed by atoms with Crippen LogP contribution in [0.3, 0.4) is 0 Å². The smallest absolute Gasteiger partial charge is 0.381 e. The van der Waals surface area contributed by atoms with Crippen molar-refractivity contribution in [2.75, 3.05) is 13.2 Å². The third-order valence-corrected chi connectivity index (χ3v) is 5.98. The summed E-state index contributed by atoms with van der Waals surface area (Å²) >= 11 is 0. The number of amidine groups is 1. The zero-order valence-electron chi connectivity index (χ0n) is 17.3. The highest BCUT2D eigenvalue weighted by molar-refractivity contribution is 6.09. The Bertz CT molecular complexity index is 889. The molecule has 7 nitrogen and oxygen atoms in total. The summed E-state index contributed by atoms with van der Waals surface area (Å²) in [6.07, 6.45) is -3.70. The summed E-state index contributed by atoms with van der Waals surface area (Å²) in [6.45, 7) is 1.09. The number of aliphatic imine (C=N–C) groups is 2. The van der Waals surface area contributed by atoms with Gasteiger partial charge in [0.1, 0.15) is 11.4 Å². The van der Waals surface area contributed by atoms with Gasteiger partial charge in [0.15, 0.2) is 17.6 Å². The summed E-state index contributed by atoms with van der Waals surface area (Å²) in [4.78, 5) is 12.7. The van der Waals surface area contributed by atoms with Gasteiger partial charge in [-0.2, -0.15) is 13.2 Å². The molecule has 1 atom stereocenters. The second-order valence-corrected chi connectivity index (χ2v) is 8.39. The highest BCUT2D eigenvalue weighted by Crippen LogP contribution is 2.40. The summed E-state index contributed by atoms with van der Waals surface area (Å²) in [5, 5.41) is 5.91. The van der Waals surface area contributed by atoms with Gasteiger partial charge < -0.3 is 15.4 Å². The molecule has 2 fully saturated rings. The Kier molecular flexibility index (Phi) is 6.10. The van der Waals surface area contributed by atoms with E-state index < -0.39 is 29.5 Å². The minimum absolute atomic E-state index is 0.0143. The first-order valence-electron chi connectivity index (χ1n) is 10.6. The van der Waals surface area contributed by atoms with Gasteiger partial charge in [0, 0.05) is 32.0 Å². The molecule has 0 spiro atoms. The molecule has 4 rings (SSSR count). The van der Waals surface area contributed by atoms with Gasteiger partial charge in [-0.3, -0.25) is 5.73 Å². The predicted octanol–water partition coefficient (Wildman–Crippen LogP) is 3.01. The largest absolute Gasteiger partial charge is 0.433 e. The Balaban J connectivity index is 1.68. The number of pyridine rings is 1. The van der Waals surface area contributed by atoms with Crippen molar-refractivity contribution in [1.29, 1.82) is 0 Å². The van der Waals surface area contributed by atoms with Gasteiger partial charge in [0.2, 0.25) is 5.92 Å². The van der Waals surface area contributed by atoms with E-state index in [0.717, 1.165) is 6.07 Å². The van der Waals surface area contributed by atoms with Gasteiger partial charge in [-0.15, -0.1) is 0 Å². The van der Waals surface area contributed by atoms with Crippen LogP contribution in [0.4, 0.5) is 22.0 Å². The molecule has 1 aromatic heterocycles. The van der Waals surface area contributed by atoms with Crippen molar-refractivity contribution < 1.29 is 26.7 Å². The average molecular weight is 460 g/mol. The molecule has 1 unspecified atom stereocenters. The predicted molar refractivity (Wildman–Crippen MR) is 107 cm³/mol. The van der Waals surface area contributed by atoms with E-state index in [1.165, 1.54) is 12.1 Å². The zero-order chi connectivity index (χ0) is 23.0. The quantitative estimate of drug-likeness (QED) is 0.603. The normalized spacial score (nSPS) is 28.7. The molecule has 0 bridgehead atoms. The van der Waals surface area contributed by atoms with E-state index in [9.17, 15) is 22.0 Å². The number of nitrogens with zero attached hydrogens (tertiary/aromatic N) is 3. The van der Waals surface area contributed by atoms with Crippen molar-refractivity contribution >= 4 is 11.8 Å². The molecule has 12 heteroatoms. The van der Waals surface area contributed by atoms with E-state index in [2.05, 4.69) is 25.6 Å². The number of rotatable bonds is 3. The van der Waals surface area contributed by atoms with Gasteiger partial charge in [-0.05, 0) is 37.8 Å². The maximum atomic E-state index is 13.7. The van der Waals surface area contributed by atoms with Crippen molar-refractivity contribution in [2.45, 2.75) is 62.5 Å². The minimum atomic E-state index is -4.63. The molecule has 32 heavy (non-hydrogen) atoms. The second kappa shape index (κ2) is 8.54. The Morgan fingerprint density at radius 1 is 1.09 bits per heavy atom. The molecule has 1 aliphatic carbocycles. The van der Waals surface area contributed by atoms with Crippen LogP contribution >= 0.6 is 0 Å². The van der Waals surface area contributed by atoms with E-state index in [1.54, 1.807) is 0 Å². The standard InChI is InChI=1S/C20H25F5N6O/c21-18(22)8-4-12(5-9-18)20(26)30-16(14-2-1-3-15(28-14)19(23,24)25)29-17(31-20)27-13-6-10-32-11-7-13/h1-3,12-13H,4-11,26H2,(H2,27,29,30,31). The van der Waals surface area contributed by atoms with E-state index in [4.69, 9.17) is 10.5 Å². The van der Waals surface area contributed by atoms with Crippen LogP contribution in [0, 0.1) is 5.92 Å². The zero-order valence-corrected chi connectivity index (χ0v) is 17.3. The fourth-order valence-electron chi connectivity index (χ4n) is 4.15. The van der Waals surface area contributed by atoms with Crippen LogP contribution in [0.5, 0.6) is 0 Å². The van der Waals surface area contributed by atoms with Crippen LogP contribution in [-0.2, 0) is 10.9 Å². The third-order valence-electron chi connectivity index (χ3n) is 5.98. The van der Waals surface area contributed by atoms with Crippen molar-refractivity contribution in [3.05, 3.63) is 29.6 Å². The van der Waals surface area contributed by atoms with Gasteiger partial charge >= 0.3 is 6.18 Å². The van der Waals surface area contributed by atoms with Crippen LogP contribution in [-0.4, -0.2) is 47.7 Å². The maximum absolute atomic E-state index is 13.7. The lowest BCUT2D eigenvalue weighted by molar-refractivity contribution is -0.141. The van der Waals surface area contributed by atoms with Crippen molar-refractivity contribution in [2.24, 2.45) is 21.6 Å². The number of nitrogens with two attached hydrogens (primary N) is 1. The molecule has 3 heterocycles. The monoisotopic (exact) mass is 460 g/mol. The topological polar surface area (TPSA) is 96.9 Å². The molecule has 0 radical (unpaired) electrons. The Morgan fingerprint density at radius 3 is 2.44 bits per heavy atom. The molecule has 4 N–H and O–H groups in total. The Morgan fingerprint density at radius 2 is 1.78 bits per heavy atom. The number of alkyl halides is 5. The summed E-state index contributed by atoms with van der Waals surface area (Å²) in [6, 6.07) is 3.40. The fraction of sp³-hybridized carbons (Fsp3) is 0.650.